The first-order valence-corrected chi connectivity index (χ1v) is 6.87. The molecule has 0 radical (unpaired) electrons. The molecular weight excluding hydrogens is 295 g/mol. The molecule has 0 amide bonds. The third-order valence-corrected chi connectivity index (χ3v) is 3.86. The van der Waals surface area contributed by atoms with Gasteiger partial charge in [0.2, 0.25) is 0 Å². The summed E-state index contributed by atoms with van der Waals surface area (Å²) in [4.78, 5) is 4.33. The van der Waals surface area contributed by atoms with Crippen LogP contribution in [0.3, 0.4) is 0 Å². The number of alkyl halides is 3. The third kappa shape index (κ3) is 3.09. The van der Waals surface area contributed by atoms with Crippen LogP contribution in [0.5, 0.6) is 0 Å². The highest BCUT2D eigenvalue weighted by molar-refractivity contribution is 7.13. The zero-order valence-corrected chi connectivity index (χ0v) is 11.8. The van der Waals surface area contributed by atoms with E-state index in [1.807, 2.05) is 19.2 Å². The van der Waals surface area contributed by atoms with Crippen molar-refractivity contribution >= 4 is 22.9 Å². The van der Waals surface area contributed by atoms with Crippen LogP contribution in [-0.4, -0.2) is 4.98 Å². The van der Waals surface area contributed by atoms with E-state index in [1.165, 1.54) is 17.4 Å². The zero-order chi connectivity index (χ0) is 14.2. The van der Waals surface area contributed by atoms with Gasteiger partial charge in [-0.3, -0.25) is 0 Å². The Kier molecular flexibility index (Phi) is 3.87. The van der Waals surface area contributed by atoms with Crippen molar-refractivity contribution in [3.8, 4) is 10.6 Å². The number of hydrogen-bond donors (Lipinski definition) is 0. The number of aromatic nitrogens is 1. The second-order valence-corrected chi connectivity index (χ2v) is 5.69. The Labute approximate surface area is 118 Å². The van der Waals surface area contributed by atoms with Crippen molar-refractivity contribution in [2.75, 3.05) is 0 Å². The van der Waals surface area contributed by atoms with E-state index in [2.05, 4.69) is 4.98 Å². The highest BCUT2D eigenvalue weighted by atomic mass is 35.5. The third-order valence-electron chi connectivity index (χ3n) is 2.64. The van der Waals surface area contributed by atoms with Gasteiger partial charge in [-0.1, -0.05) is 25.4 Å². The summed E-state index contributed by atoms with van der Waals surface area (Å²) < 4.78 is 38.1. The van der Waals surface area contributed by atoms with Crippen molar-refractivity contribution in [3.05, 3.63) is 39.9 Å². The second-order valence-electron chi connectivity index (χ2n) is 4.42. The Balaban J connectivity index is 2.48. The van der Waals surface area contributed by atoms with E-state index in [0.717, 1.165) is 17.8 Å². The average molecular weight is 306 g/mol. The number of benzene rings is 1. The van der Waals surface area contributed by atoms with Crippen molar-refractivity contribution in [2.45, 2.75) is 25.9 Å². The molecule has 0 unspecified atom stereocenters. The summed E-state index contributed by atoms with van der Waals surface area (Å²) in [6, 6.07) is 3.28. The Hall–Kier alpha value is -1.07. The molecule has 0 N–H and O–H groups in total. The van der Waals surface area contributed by atoms with E-state index in [4.69, 9.17) is 11.6 Å². The predicted octanol–water partition coefficient (Wildman–Crippen LogP) is 5.61. The van der Waals surface area contributed by atoms with Crippen LogP contribution >= 0.6 is 22.9 Å². The zero-order valence-electron chi connectivity index (χ0n) is 10.3. The average Bonchev–Trinajstić information content (AvgIpc) is 2.77. The quantitative estimate of drug-likeness (QED) is 0.703. The Morgan fingerprint density at radius 2 is 1.95 bits per heavy atom. The normalized spacial score (nSPS) is 12.2. The molecule has 0 aliphatic heterocycles. The molecule has 19 heavy (non-hydrogen) atoms. The summed E-state index contributed by atoms with van der Waals surface area (Å²) >= 11 is 7.27. The van der Waals surface area contributed by atoms with Crippen molar-refractivity contribution in [1.29, 1.82) is 0 Å². The molecule has 1 nitrogen and oxygen atoms in total. The summed E-state index contributed by atoms with van der Waals surface area (Å²) in [6.07, 6.45) is -4.38. The smallest absolute Gasteiger partial charge is 0.241 e. The van der Waals surface area contributed by atoms with Gasteiger partial charge in [0.15, 0.2) is 0 Å². The van der Waals surface area contributed by atoms with Gasteiger partial charge in [-0.05, 0) is 24.1 Å². The predicted molar refractivity (Wildman–Crippen MR) is 71.7 cm³/mol. The van der Waals surface area contributed by atoms with Gasteiger partial charge in [0.1, 0.15) is 5.01 Å². The highest BCUT2D eigenvalue weighted by Gasteiger charge is 2.31. The maximum Gasteiger partial charge on any atom is 0.416 e. The topological polar surface area (TPSA) is 12.9 Å². The summed E-state index contributed by atoms with van der Waals surface area (Å²) in [5.74, 6) is 0.231. The molecular formula is C13H11ClF3NS. The van der Waals surface area contributed by atoms with E-state index in [1.54, 1.807) is 0 Å². The molecule has 0 saturated heterocycles. The van der Waals surface area contributed by atoms with Crippen molar-refractivity contribution in [1.82, 2.24) is 4.98 Å². The molecule has 0 aliphatic carbocycles. The largest absolute Gasteiger partial charge is 0.416 e. The van der Waals surface area contributed by atoms with Crippen LogP contribution in [-0.2, 0) is 6.18 Å². The SMILES string of the molecule is CC(C)c1csc(-c2cc(C(F)(F)F)ccc2Cl)n1. The van der Waals surface area contributed by atoms with E-state index in [0.29, 0.717) is 10.6 Å². The van der Waals surface area contributed by atoms with Crippen molar-refractivity contribution in [2.24, 2.45) is 0 Å². The lowest BCUT2D eigenvalue weighted by atomic mass is 10.1. The van der Waals surface area contributed by atoms with Crippen molar-refractivity contribution in [3.63, 3.8) is 0 Å². The van der Waals surface area contributed by atoms with E-state index >= 15 is 0 Å². The second kappa shape index (κ2) is 5.13. The van der Waals surface area contributed by atoms with E-state index in [9.17, 15) is 13.2 Å². The van der Waals surface area contributed by atoms with Gasteiger partial charge in [-0.2, -0.15) is 13.2 Å². The molecule has 6 heteroatoms. The summed E-state index contributed by atoms with van der Waals surface area (Å²) in [7, 11) is 0. The van der Waals surface area contributed by atoms with E-state index < -0.39 is 11.7 Å². The van der Waals surface area contributed by atoms with Crippen LogP contribution in [0.2, 0.25) is 5.02 Å². The van der Waals surface area contributed by atoms with Gasteiger partial charge in [0, 0.05) is 10.9 Å². The lowest BCUT2D eigenvalue weighted by Gasteiger charge is -2.09. The fourth-order valence-corrected chi connectivity index (χ4v) is 2.81. The molecule has 2 aromatic rings. The highest BCUT2D eigenvalue weighted by Crippen LogP contribution is 2.37. The number of thiazole rings is 1. The Bertz CT molecular complexity index is 590. The molecule has 1 aromatic heterocycles. The van der Waals surface area contributed by atoms with E-state index in [-0.39, 0.29) is 10.9 Å². The van der Waals surface area contributed by atoms with Gasteiger partial charge >= 0.3 is 6.18 Å². The fourth-order valence-electron chi connectivity index (χ4n) is 1.54. The van der Waals surface area contributed by atoms with Gasteiger partial charge in [-0.25, -0.2) is 4.98 Å². The molecule has 2 rings (SSSR count). The first kappa shape index (κ1) is 14.3. The minimum absolute atomic E-state index is 0.231. The number of halogens is 4. The van der Waals surface area contributed by atoms with Crippen molar-refractivity contribution < 1.29 is 13.2 Å². The lowest BCUT2D eigenvalue weighted by molar-refractivity contribution is -0.137. The van der Waals surface area contributed by atoms with Gasteiger partial charge in [0.25, 0.3) is 0 Å². The van der Waals surface area contributed by atoms with Gasteiger partial charge in [0.05, 0.1) is 16.3 Å². The minimum atomic E-state index is -4.38. The number of rotatable bonds is 2. The summed E-state index contributed by atoms with van der Waals surface area (Å²) in [5.41, 5.74) is 0.468. The molecule has 0 fully saturated rings. The van der Waals surface area contributed by atoms with Crippen LogP contribution in [0.25, 0.3) is 10.6 Å². The molecule has 1 heterocycles. The minimum Gasteiger partial charge on any atom is -0.241 e. The maximum atomic E-state index is 12.7. The fraction of sp³-hybridized carbons (Fsp3) is 0.308. The number of nitrogens with zero attached hydrogens (tertiary/aromatic N) is 1. The monoisotopic (exact) mass is 305 g/mol. The maximum absolute atomic E-state index is 12.7. The van der Waals surface area contributed by atoms with Crippen LogP contribution in [0.15, 0.2) is 23.6 Å². The summed E-state index contributed by atoms with van der Waals surface area (Å²) in [6.45, 7) is 3.96. The van der Waals surface area contributed by atoms with Crippen LogP contribution in [0, 0.1) is 0 Å². The van der Waals surface area contributed by atoms with Gasteiger partial charge in [-0.15, -0.1) is 11.3 Å². The first-order chi connectivity index (χ1) is 8.79. The molecule has 0 saturated carbocycles. The van der Waals surface area contributed by atoms with Gasteiger partial charge < -0.3 is 0 Å². The first-order valence-electron chi connectivity index (χ1n) is 5.61. The molecule has 0 aliphatic rings. The Morgan fingerprint density at radius 1 is 1.26 bits per heavy atom. The molecule has 1 aromatic carbocycles. The van der Waals surface area contributed by atoms with Crippen LogP contribution in [0.4, 0.5) is 13.2 Å². The molecule has 0 spiro atoms. The molecule has 102 valence electrons. The molecule has 0 bridgehead atoms. The Morgan fingerprint density at radius 3 is 2.47 bits per heavy atom. The molecule has 0 atom stereocenters. The summed E-state index contributed by atoms with van der Waals surface area (Å²) in [5, 5.41) is 2.63. The standard InChI is InChI=1S/C13H11ClF3NS/c1-7(2)11-6-19-12(18-11)9-5-8(13(15,16)17)3-4-10(9)14/h3-7H,1-2H3. The lowest BCUT2D eigenvalue weighted by Crippen LogP contribution is -2.04. The number of hydrogen-bond acceptors (Lipinski definition) is 2. The van der Waals surface area contributed by atoms with Crippen LogP contribution in [0.1, 0.15) is 31.0 Å². The van der Waals surface area contributed by atoms with Crippen LogP contribution < -0.4 is 0 Å².